The van der Waals surface area contributed by atoms with Gasteiger partial charge < -0.3 is 5.32 Å². The van der Waals surface area contributed by atoms with Gasteiger partial charge in [-0.05, 0) is 30.4 Å². The normalized spacial score (nSPS) is 9.83. The second-order valence-corrected chi connectivity index (χ2v) is 3.82. The first kappa shape index (κ1) is 9.26. The predicted octanol–water partition coefficient (Wildman–Crippen LogP) is 1.74. The maximum Gasteiger partial charge on any atom is 0.216 e. The summed E-state index contributed by atoms with van der Waals surface area (Å²) in [6.45, 7) is 4.37. The molecule has 0 aliphatic carbocycles. The summed E-state index contributed by atoms with van der Waals surface area (Å²) in [6.07, 6.45) is 0.943. The Morgan fingerprint density at radius 3 is 2.92 bits per heavy atom. The van der Waals surface area contributed by atoms with Crippen LogP contribution < -0.4 is 5.32 Å². The molecule has 66 valence electrons. The fourth-order valence-corrected chi connectivity index (χ4v) is 1.86. The quantitative estimate of drug-likeness (QED) is 0.759. The number of rotatable bonds is 3. The van der Waals surface area contributed by atoms with Gasteiger partial charge >= 0.3 is 0 Å². The van der Waals surface area contributed by atoms with Crippen LogP contribution >= 0.6 is 11.3 Å². The average Bonchev–Trinajstić information content (AvgIpc) is 2.35. The zero-order chi connectivity index (χ0) is 8.97. The lowest BCUT2D eigenvalue weighted by molar-refractivity contribution is -0.118. The van der Waals surface area contributed by atoms with Crippen molar-refractivity contribution in [2.24, 2.45) is 0 Å². The van der Waals surface area contributed by atoms with Gasteiger partial charge in [-0.3, -0.25) is 4.79 Å². The highest BCUT2D eigenvalue weighted by Crippen LogP contribution is 2.13. The standard InChI is InChI=1S/C9H13NOS/c1-7-5-9(12-6-7)3-4-10-8(2)11/h5-6H,3-4H2,1-2H3,(H,10,11). The Morgan fingerprint density at radius 1 is 1.67 bits per heavy atom. The molecule has 2 nitrogen and oxygen atoms in total. The lowest BCUT2D eigenvalue weighted by Gasteiger charge is -1.98. The van der Waals surface area contributed by atoms with Gasteiger partial charge in [0, 0.05) is 18.3 Å². The van der Waals surface area contributed by atoms with E-state index in [0.717, 1.165) is 13.0 Å². The van der Waals surface area contributed by atoms with Gasteiger partial charge in [0.1, 0.15) is 0 Å². The Morgan fingerprint density at radius 2 is 2.42 bits per heavy atom. The van der Waals surface area contributed by atoms with E-state index >= 15 is 0 Å². The van der Waals surface area contributed by atoms with E-state index in [1.165, 1.54) is 10.4 Å². The van der Waals surface area contributed by atoms with E-state index < -0.39 is 0 Å². The van der Waals surface area contributed by atoms with E-state index in [4.69, 9.17) is 0 Å². The van der Waals surface area contributed by atoms with Gasteiger partial charge in [0.05, 0.1) is 0 Å². The summed E-state index contributed by atoms with van der Waals surface area (Å²) in [4.78, 5) is 11.9. The topological polar surface area (TPSA) is 29.1 Å². The number of hydrogen-bond donors (Lipinski definition) is 1. The van der Waals surface area contributed by atoms with Crippen LogP contribution in [0.15, 0.2) is 11.4 Å². The van der Waals surface area contributed by atoms with Gasteiger partial charge in [0.15, 0.2) is 0 Å². The van der Waals surface area contributed by atoms with Crippen LogP contribution in [0.25, 0.3) is 0 Å². The van der Waals surface area contributed by atoms with Crippen LogP contribution in [-0.4, -0.2) is 12.5 Å². The van der Waals surface area contributed by atoms with Crippen molar-refractivity contribution in [1.82, 2.24) is 5.32 Å². The molecule has 1 heterocycles. The monoisotopic (exact) mass is 183 g/mol. The molecular formula is C9H13NOS. The highest BCUT2D eigenvalue weighted by Gasteiger charge is 1.96. The summed E-state index contributed by atoms with van der Waals surface area (Å²) in [5.41, 5.74) is 1.30. The largest absolute Gasteiger partial charge is 0.356 e. The van der Waals surface area contributed by atoms with Gasteiger partial charge in [-0.1, -0.05) is 0 Å². The van der Waals surface area contributed by atoms with E-state index in [-0.39, 0.29) is 5.91 Å². The minimum Gasteiger partial charge on any atom is -0.356 e. The third-order valence-electron chi connectivity index (χ3n) is 1.53. The molecule has 0 saturated heterocycles. The predicted molar refractivity (Wildman–Crippen MR) is 51.4 cm³/mol. The molecule has 0 fully saturated rings. The average molecular weight is 183 g/mol. The van der Waals surface area contributed by atoms with Crippen molar-refractivity contribution in [2.45, 2.75) is 20.3 Å². The summed E-state index contributed by atoms with van der Waals surface area (Å²) in [5, 5.41) is 4.90. The van der Waals surface area contributed by atoms with Crippen LogP contribution in [0.1, 0.15) is 17.4 Å². The molecular weight excluding hydrogens is 170 g/mol. The minimum absolute atomic E-state index is 0.0447. The summed E-state index contributed by atoms with van der Waals surface area (Å²) in [6, 6.07) is 2.16. The fourth-order valence-electron chi connectivity index (χ4n) is 0.983. The van der Waals surface area contributed by atoms with Crippen LogP contribution in [0.4, 0.5) is 0 Å². The van der Waals surface area contributed by atoms with Crippen molar-refractivity contribution in [3.05, 3.63) is 21.9 Å². The first-order valence-corrected chi connectivity index (χ1v) is 4.85. The molecule has 0 saturated carbocycles. The molecule has 1 aromatic heterocycles. The number of thiophene rings is 1. The van der Waals surface area contributed by atoms with Gasteiger partial charge in [-0.2, -0.15) is 0 Å². The second-order valence-electron chi connectivity index (χ2n) is 2.82. The maximum absolute atomic E-state index is 10.5. The second kappa shape index (κ2) is 4.26. The molecule has 0 aromatic carbocycles. The highest BCUT2D eigenvalue weighted by molar-refractivity contribution is 7.10. The zero-order valence-electron chi connectivity index (χ0n) is 7.39. The summed E-state index contributed by atoms with van der Waals surface area (Å²) in [7, 11) is 0. The summed E-state index contributed by atoms with van der Waals surface area (Å²) < 4.78 is 0. The van der Waals surface area contributed by atoms with Crippen LogP contribution in [0, 0.1) is 6.92 Å². The number of hydrogen-bond acceptors (Lipinski definition) is 2. The lowest BCUT2D eigenvalue weighted by Crippen LogP contribution is -2.22. The van der Waals surface area contributed by atoms with Crippen molar-refractivity contribution in [2.75, 3.05) is 6.54 Å². The lowest BCUT2D eigenvalue weighted by atomic mass is 10.3. The van der Waals surface area contributed by atoms with E-state index in [9.17, 15) is 4.79 Å². The Labute approximate surface area is 76.6 Å². The summed E-state index contributed by atoms with van der Waals surface area (Å²) in [5.74, 6) is 0.0447. The smallest absolute Gasteiger partial charge is 0.216 e. The number of carbonyl (C=O) groups is 1. The fraction of sp³-hybridized carbons (Fsp3) is 0.444. The molecule has 12 heavy (non-hydrogen) atoms. The van der Waals surface area contributed by atoms with Gasteiger partial charge in [-0.25, -0.2) is 0 Å². The molecule has 1 aromatic rings. The molecule has 0 atom stereocenters. The van der Waals surface area contributed by atoms with Crippen LogP contribution in [0.5, 0.6) is 0 Å². The highest BCUT2D eigenvalue weighted by atomic mass is 32.1. The van der Waals surface area contributed by atoms with Crippen LogP contribution in [-0.2, 0) is 11.2 Å². The molecule has 0 radical (unpaired) electrons. The first-order valence-electron chi connectivity index (χ1n) is 3.97. The summed E-state index contributed by atoms with van der Waals surface area (Å²) >= 11 is 1.75. The maximum atomic E-state index is 10.5. The zero-order valence-corrected chi connectivity index (χ0v) is 8.20. The van der Waals surface area contributed by atoms with Gasteiger partial charge in [-0.15, -0.1) is 11.3 Å². The molecule has 0 aliphatic rings. The molecule has 1 N–H and O–H groups in total. The van der Waals surface area contributed by atoms with Gasteiger partial charge in [0.25, 0.3) is 0 Å². The van der Waals surface area contributed by atoms with E-state index in [0.29, 0.717) is 0 Å². The minimum atomic E-state index is 0.0447. The van der Waals surface area contributed by atoms with Crippen molar-refractivity contribution < 1.29 is 4.79 Å². The van der Waals surface area contributed by atoms with Crippen LogP contribution in [0.3, 0.4) is 0 Å². The van der Waals surface area contributed by atoms with Crippen molar-refractivity contribution >= 4 is 17.2 Å². The molecule has 0 bridgehead atoms. The van der Waals surface area contributed by atoms with Gasteiger partial charge in [0.2, 0.25) is 5.91 Å². The Balaban J connectivity index is 2.29. The first-order chi connectivity index (χ1) is 5.68. The Bertz CT molecular complexity index is 267. The number of aryl methyl sites for hydroxylation is 1. The molecule has 1 rings (SSSR count). The van der Waals surface area contributed by atoms with E-state index in [1.54, 1.807) is 18.3 Å². The SMILES string of the molecule is CC(=O)NCCc1cc(C)cs1. The van der Waals surface area contributed by atoms with E-state index in [2.05, 4.69) is 23.7 Å². The molecule has 3 heteroatoms. The number of nitrogens with one attached hydrogen (secondary N) is 1. The molecule has 1 amide bonds. The third-order valence-corrected chi connectivity index (χ3v) is 2.64. The van der Waals surface area contributed by atoms with Crippen molar-refractivity contribution in [1.29, 1.82) is 0 Å². The van der Waals surface area contributed by atoms with Crippen molar-refractivity contribution in [3.8, 4) is 0 Å². The molecule has 0 unspecified atom stereocenters. The van der Waals surface area contributed by atoms with Crippen LogP contribution in [0.2, 0.25) is 0 Å². The number of carbonyl (C=O) groups excluding carboxylic acids is 1. The third kappa shape index (κ3) is 3.05. The number of amides is 1. The molecule has 0 aliphatic heterocycles. The Hall–Kier alpha value is -0.830. The van der Waals surface area contributed by atoms with E-state index in [1.807, 2.05) is 0 Å². The van der Waals surface area contributed by atoms with Crippen molar-refractivity contribution in [3.63, 3.8) is 0 Å². The molecule has 0 spiro atoms. The Kier molecular flexibility index (Phi) is 3.29.